The molecule has 0 aromatic carbocycles. The average molecular weight is 131 g/mol. The predicted molar refractivity (Wildman–Crippen MR) is 40.6 cm³/mol. The first-order valence-electron chi connectivity index (χ1n) is 2.67. The van der Waals surface area contributed by atoms with Gasteiger partial charge in [0.25, 0.3) is 0 Å². The third kappa shape index (κ3) is 9.68. The van der Waals surface area contributed by atoms with Gasteiger partial charge in [-0.05, 0) is 19.2 Å². The lowest BCUT2D eigenvalue weighted by atomic mass is 10.4. The molecule has 8 heavy (non-hydrogen) atoms. The van der Waals surface area contributed by atoms with Gasteiger partial charge in [0.2, 0.25) is 0 Å². The van der Waals surface area contributed by atoms with Crippen LogP contribution >= 0.6 is 8.15 Å². The molecular formula is C5H13BOP. The van der Waals surface area contributed by atoms with Gasteiger partial charge in [0.05, 0.1) is 0 Å². The molecule has 1 unspecified atom stereocenters. The zero-order valence-electron chi connectivity index (χ0n) is 5.59. The summed E-state index contributed by atoms with van der Waals surface area (Å²) in [5, 5.41) is 0. The summed E-state index contributed by atoms with van der Waals surface area (Å²) in [7, 11) is -0.606. The second-order valence-electron chi connectivity index (χ2n) is 1.73. The zero-order chi connectivity index (χ0) is 5.70. The molecule has 1 N–H and O–H groups in total. The van der Waals surface area contributed by atoms with Crippen molar-refractivity contribution in [3.05, 3.63) is 0 Å². The molecule has 47 valence electrons. The Morgan fingerprint density at radius 3 is 2.12 bits per heavy atom. The summed E-state index contributed by atoms with van der Waals surface area (Å²) in [6.45, 7) is 4.03. The fourth-order valence-electron chi connectivity index (χ4n) is 0.387. The Morgan fingerprint density at radius 2 is 2.00 bits per heavy atom. The molecule has 0 aromatic rings. The van der Waals surface area contributed by atoms with E-state index in [1.807, 2.05) is 6.66 Å². The Bertz CT molecular complexity index is 41.4. The Labute approximate surface area is 54.9 Å². The van der Waals surface area contributed by atoms with Crippen LogP contribution in [0.5, 0.6) is 0 Å². The summed E-state index contributed by atoms with van der Waals surface area (Å²) in [6.07, 6.45) is 3.40. The second-order valence-corrected chi connectivity index (χ2v) is 3.50. The molecule has 0 rings (SSSR count). The fraction of sp³-hybridized carbons (Fsp3) is 1.00. The topological polar surface area (TPSA) is 20.2 Å². The third-order valence-electron chi connectivity index (χ3n) is 0.835. The van der Waals surface area contributed by atoms with Crippen LogP contribution in [0.3, 0.4) is 0 Å². The molecule has 1 atom stereocenters. The molecule has 0 aliphatic heterocycles. The summed E-state index contributed by atoms with van der Waals surface area (Å²) in [4.78, 5) is 8.75. The van der Waals surface area contributed by atoms with Crippen LogP contribution in [0.15, 0.2) is 0 Å². The molecule has 0 bridgehead atoms. The molecule has 0 fully saturated rings. The highest BCUT2D eigenvalue weighted by Gasteiger charge is 1.90. The first kappa shape index (κ1) is 11.3. The maximum atomic E-state index is 8.75. The molecular weight excluding hydrogens is 118 g/mol. The van der Waals surface area contributed by atoms with Gasteiger partial charge in [-0.25, -0.2) is 0 Å². The Balaban J connectivity index is 0. The van der Waals surface area contributed by atoms with Gasteiger partial charge in [-0.2, -0.15) is 0 Å². The van der Waals surface area contributed by atoms with Gasteiger partial charge in [0.1, 0.15) is 0 Å². The van der Waals surface area contributed by atoms with E-state index in [1.54, 1.807) is 0 Å². The van der Waals surface area contributed by atoms with E-state index in [9.17, 15) is 0 Å². The molecule has 3 heteroatoms. The van der Waals surface area contributed by atoms with Crippen LogP contribution in [0, 0.1) is 0 Å². The van der Waals surface area contributed by atoms with Gasteiger partial charge in [-0.15, -0.1) is 0 Å². The van der Waals surface area contributed by atoms with Crippen molar-refractivity contribution < 1.29 is 4.89 Å². The second kappa shape index (κ2) is 7.45. The maximum absolute atomic E-state index is 8.75. The van der Waals surface area contributed by atoms with Crippen molar-refractivity contribution >= 4 is 16.6 Å². The number of rotatable bonds is 3. The predicted octanol–water partition coefficient (Wildman–Crippen LogP) is 1.42. The molecule has 0 spiro atoms. The lowest BCUT2D eigenvalue weighted by Gasteiger charge is -1.98. The van der Waals surface area contributed by atoms with Crippen molar-refractivity contribution in [1.82, 2.24) is 0 Å². The van der Waals surface area contributed by atoms with Crippen LogP contribution in [0.25, 0.3) is 0 Å². The number of unbranched alkanes of at least 4 members (excludes halogenated alkanes) is 1. The summed E-state index contributed by atoms with van der Waals surface area (Å²) in [5.74, 6) is 0. The van der Waals surface area contributed by atoms with Gasteiger partial charge in [0, 0.05) is 16.6 Å². The normalized spacial score (nSPS) is 12.4. The molecule has 0 amide bonds. The van der Waals surface area contributed by atoms with E-state index in [4.69, 9.17) is 4.89 Å². The quantitative estimate of drug-likeness (QED) is 0.453. The molecule has 1 nitrogen and oxygen atoms in total. The van der Waals surface area contributed by atoms with E-state index in [2.05, 4.69) is 6.92 Å². The first-order valence-corrected chi connectivity index (χ1v) is 4.60. The van der Waals surface area contributed by atoms with Crippen LogP contribution in [0.1, 0.15) is 19.8 Å². The van der Waals surface area contributed by atoms with Gasteiger partial charge >= 0.3 is 0 Å². The highest BCUT2D eigenvalue weighted by atomic mass is 31.1. The van der Waals surface area contributed by atoms with Gasteiger partial charge in [0.15, 0.2) is 0 Å². The van der Waals surface area contributed by atoms with Crippen molar-refractivity contribution in [1.29, 1.82) is 0 Å². The Kier molecular flexibility index (Phi) is 10.5. The third-order valence-corrected chi connectivity index (χ3v) is 1.80. The molecule has 0 heterocycles. The van der Waals surface area contributed by atoms with Crippen molar-refractivity contribution in [2.75, 3.05) is 12.8 Å². The Morgan fingerprint density at radius 1 is 1.50 bits per heavy atom. The van der Waals surface area contributed by atoms with Crippen molar-refractivity contribution in [2.45, 2.75) is 19.8 Å². The highest BCUT2D eigenvalue weighted by molar-refractivity contribution is 7.50. The van der Waals surface area contributed by atoms with Crippen LogP contribution in [0.4, 0.5) is 0 Å². The van der Waals surface area contributed by atoms with Crippen molar-refractivity contribution in [3.63, 3.8) is 0 Å². The standard InChI is InChI=1S/C5H13OP.B/c1-3-4-5-7(2)6;/h6H,3-5H2,1-2H3;. The lowest BCUT2D eigenvalue weighted by Crippen LogP contribution is -1.78. The van der Waals surface area contributed by atoms with Crippen molar-refractivity contribution in [3.8, 4) is 0 Å². The van der Waals surface area contributed by atoms with Gasteiger partial charge in [-0.3, -0.25) is 0 Å². The van der Waals surface area contributed by atoms with Gasteiger partial charge in [-0.1, -0.05) is 13.3 Å². The summed E-state index contributed by atoms with van der Waals surface area (Å²) in [6, 6.07) is 0. The molecule has 0 saturated carbocycles. The lowest BCUT2D eigenvalue weighted by molar-refractivity contribution is 0.625. The largest absolute Gasteiger partial charge is 0.374 e. The van der Waals surface area contributed by atoms with E-state index in [0.29, 0.717) is 0 Å². The monoisotopic (exact) mass is 131 g/mol. The van der Waals surface area contributed by atoms with Crippen molar-refractivity contribution in [2.24, 2.45) is 0 Å². The van der Waals surface area contributed by atoms with Crippen LogP contribution < -0.4 is 0 Å². The number of hydrogen-bond acceptors (Lipinski definition) is 1. The summed E-state index contributed by atoms with van der Waals surface area (Å²) < 4.78 is 0. The highest BCUT2D eigenvalue weighted by Crippen LogP contribution is 2.24. The van der Waals surface area contributed by atoms with E-state index < -0.39 is 8.15 Å². The molecule has 0 saturated heterocycles. The minimum atomic E-state index is -0.606. The van der Waals surface area contributed by atoms with Crippen LogP contribution in [-0.4, -0.2) is 26.1 Å². The van der Waals surface area contributed by atoms with Gasteiger partial charge < -0.3 is 4.89 Å². The maximum Gasteiger partial charge on any atom is 0.0219 e. The molecule has 0 aromatic heterocycles. The molecule has 0 aliphatic carbocycles. The smallest absolute Gasteiger partial charge is 0.0219 e. The van der Waals surface area contributed by atoms with Crippen LogP contribution in [-0.2, 0) is 0 Å². The summed E-state index contributed by atoms with van der Waals surface area (Å²) >= 11 is 0. The minimum Gasteiger partial charge on any atom is -0.374 e. The SMILES string of the molecule is CCCCP(C)O.[B]. The van der Waals surface area contributed by atoms with E-state index in [-0.39, 0.29) is 8.41 Å². The first-order chi connectivity index (χ1) is 3.27. The average Bonchev–Trinajstić information content (AvgIpc) is 1.61. The van der Waals surface area contributed by atoms with E-state index in [1.165, 1.54) is 12.8 Å². The summed E-state index contributed by atoms with van der Waals surface area (Å²) in [5.41, 5.74) is 0. The zero-order valence-corrected chi connectivity index (χ0v) is 6.49. The van der Waals surface area contributed by atoms with E-state index in [0.717, 1.165) is 6.16 Å². The minimum absolute atomic E-state index is 0. The molecule has 0 aliphatic rings. The van der Waals surface area contributed by atoms with E-state index >= 15 is 0 Å². The van der Waals surface area contributed by atoms with Crippen LogP contribution in [0.2, 0.25) is 0 Å². The number of hydrogen-bond donors (Lipinski definition) is 1. The Hall–Kier alpha value is 0.455. The molecule has 3 radical (unpaired) electrons. The fourth-order valence-corrected chi connectivity index (χ4v) is 1.16.